The Morgan fingerprint density at radius 1 is 1.56 bits per heavy atom. The van der Waals surface area contributed by atoms with E-state index in [1.807, 2.05) is 24.9 Å². The second kappa shape index (κ2) is 6.66. The molecule has 0 amide bonds. The lowest BCUT2D eigenvalue weighted by atomic mass is 10.2. The fourth-order valence-electron chi connectivity index (χ4n) is 1.60. The predicted molar refractivity (Wildman–Crippen MR) is 65.6 cm³/mol. The average molecular weight is 225 g/mol. The van der Waals surface area contributed by atoms with Crippen LogP contribution in [0, 0.1) is 6.92 Å². The quantitative estimate of drug-likeness (QED) is 0.760. The van der Waals surface area contributed by atoms with E-state index in [2.05, 4.69) is 24.3 Å². The van der Waals surface area contributed by atoms with E-state index in [0.717, 1.165) is 26.2 Å². The van der Waals surface area contributed by atoms with Gasteiger partial charge < -0.3 is 10.1 Å². The van der Waals surface area contributed by atoms with Gasteiger partial charge in [-0.05, 0) is 39.3 Å². The summed E-state index contributed by atoms with van der Waals surface area (Å²) in [6.07, 6.45) is 2.97. The zero-order valence-corrected chi connectivity index (χ0v) is 10.8. The zero-order valence-electron chi connectivity index (χ0n) is 10.8. The van der Waals surface area contributed by atoms with Crippen LogP contribution in [0.15, 0.2) is 6.20 Å². The molecule has 0 bridgehead atoms. The second-order valence-corrected chi connectivity index (χ2v) is 4.14. The number of nitrogens with one attached hydrogen (secondary N) is 1. The molecule has 1 heterocycles. The van der Waals surface area contributed by atoms with E-state index in [0.29, 0.717) is 6.04 Å². The van der Waals surface area contributed by atoms with Gasteiger partial charge in [0.1, 0.15) is 0 Å². The highest BCUT2D eigenvalue weighted by Gasteiger charge is 2.04. The lowest BCUT2D eigenvalue weighted by Gasteiger charge is -2.13. The minimum atomic E-state index is 0.414. The lowest BCUT2D eigenvalue weighted by Crippen LogP contribution is -2.32. The van der Waals surface area contributed by atoms with Crippen LogP contribution in [0.1, 0.15) is 25.1 Å². The normalized spacial score (nSPS) is 13.0. The summed E-state index contributed by atoms with van der Waals surface area (Å²) >= 11 is 0. The smallest absolute Gasteiger partial charge is 0.0616 e. The van der Waals surface area contributed by atoms with Crippen molar-refractivity contribution in [2.75, 3.05) is 19.8 Å². The first kappa shape index (κ1) is 13.2. The van der Waals surface area contributed by atoms with Crippen LogP contribution in [0.3, 0.4) is 0 Å². The molecule has 0 radical (unpaired) electrons. The molecule has 0 saturated carbocycles. The van der Waals surface area contributed by atoms with Crippen molar-refractivity contribution in [3.05, 3.63) is 17.5 Å². The first-order valence-electron chi connectivity index (χ1n) is 5.93. The molecule has 0 spiro atoms. The van der Waals surface area contributed by atoms with Gasteiger partial charge in [-0.1, -0.05) is 0 Å². The minimum Gasteiger partial charge on any atom is -0.380 e. The van der Waals surface area contributed by atoms with Crippen molar-refractivity contribution in [2.45, 2.75) is 33.2 Å². The standard InChI is InChI=1S/C12H23N3O/c1-5-16-9-10(2)13-7-6-12-8-14-15(4)11(12)3/h8,10,13H,5-7,9H2,1-4H3. The van der Waals surface area contributed by atoms with Crippen molar-refractivity contribution in [3.63, 3.8) is 0 Å². The molecule has 1 aromatic rings. The number of nitrogens with zero attached hydrogens (tertiary/aromatic N) is 2. The highest BCUT2D eigenvalue weighted by atomic mass is 16.5. The van der Waals surface area contributed by atoms with Crippen molar-refractivity contribution in [1.82, 2.24) is 15.1 Å². The Morgan fingerprint density at radius 3 is 2.88 bits per heavy atom. The maximum atomic E-state index is 5.35. The summed E-state index contributed by atoms with van der Waals surface area (Å²) in [6.45, 7) is 8.81. The van der Waals surface area contributed by atoms with E-state index in [1.165, 1.54) is 11.3 Å². The Labute approximate surface area is 98.0 Å². The summed E-state index contributed by atoms with van der Waals surface area (Å²) in [7, 11) is 1.98. The molecular formula is C12H23N3O. The van der Waals surface area contributed by atoms with E-state index < -0.39 is 0 Å². The van der Waals surface area contributed by atoms with Crippen LogP contribution < -0.4 is 5.32 Å². The number of aromatic nitrogens is 2. The molecule has 1 atom stereocenters. The SMILES string of the molecule is CCOCC(C)NCCc1cnn(C)c1C. The van der Waals surface area contributed by atoms with E-state index in [9.17, 15) is 0 Å². The van der Waals surface area contributed by atoms with Gasteiger partial charge in [0.15, 0.2) is 0 Å². The average Bonchev–Trinajstić information content (AvgIpc) is 2.58. The molecule has 1 unspecified atom stereocenters. The number of ether oxygens (including phenoxy) is 1. The largest absolute Gasteiger partial charge is 0.380 e. The van der Waals surface area contributed by atoms with Crippen LogP contribution in [-0.4, -0.2) is 35.6 Å². The lowest BCUT2D eigenvalue weighted by molar-refractivity contribution is 0.127. The van der Waals surface area contributed by atoms with Crippen LogP contribution in [0.4, 0.5) is 0 Å². The van der Waals surface area contributed by atoms with Crippen LogP contribution in [0.25, 0.3) is 0 Å². The molecule has 1 aromatic heterocycles. The number of rotatable bonds is 7. The van der Waals surface area contributed by atoms with Gasteiger partial charge >= 0.3 is 0 Å². The molecular weight excluding hydrogens is 202 g/mol. The molecule has 0 aromatic carbocycles. The maximum Gasteiger partial charge on any atom is 0.0616 e. The molecule has 4 heteroatoms. The summed E-state index contributed by atoms with van der Waals surface area (Å²) < 4.78 is 7.26. The molecule has 0 fully saturated rings. The van der Waals surface area contributed by atoms with Crippen molar-refractivity contribution < 1.29 is 4.74 Å². The van der Waals surface area contributed by atoms with E-state index >= 15 is 0 Å². The van der Waals surface area contributed by atoms with Crippen molar-refractivity contribution in [1.29, 1.82) is 0 Å². The summed E-state index contributed by atoms with van der Waals surface area (Å²) in [5.74, 6) is 0. The summed E-state index contributed by atoms with van der Waals surface area (Å²) in [5, 5.41) is 7.67. The fourth-order valence-corrected chi connectivity index (χ4v) is 1.60. The van der Waals surface area contributed by atoms with Crippen molar-refractivity contribution in [3.8, 4) is 0 Å². The summed E-state index contributed by atoms with van der Waals surface area (Å²) in [6, 6.07) is 0.414. The first-order valence-corrected chi connectivity index (χ1v) is 5.93. The Hall–Kier alpha value is -0.870. The Bertz CT molecular complexity index is 309. The van der Waals surface area contributed by atoms with Crippen LogP contribution in [0.2, 0.25) is 0 Å². The third-order valence-electron chi connectivity index (χ3n) is 2.80. The van der Waals surface area contributed by atoms with Gasteiger partial charge in [-0.25, -0.2) is 0 Å². The second-order valence-electron chi connectivity index (χ2n) is 4.14. The van der Waals surface area contributed by atoms with Crippen molar-refractivity contribution in [2.24, 2.45) is 7.05 Å². The molecule has 1 N–H and O–H groups in total. The summed E-state index contributed by atoms with van der Waals surface area (Å²) in [5.41, 5.74) is 2.57. The Morgan fingerprint density at radius 2 is 2.31 bits per heavy atom. The third kappa shape index (κ3) is 3.94. The number of hydrogen-bond acceptors (Lipinski definition) is 3. The van der Waals surface area contributed by atoms with Gasteiger partial charge in [0.25, 0.3) is 0 Å². The molecule has 1 rings (SSSR count). The summed E-state index contributed by atoms with van der Waals surface area (Å²) in [4.78, 5) is 0. The van der Waals surface area contributed by atoms with E-state index in [-0.39, 0.29) is 0 Å². The van der Waals surface area contributed by atoms with Gasteiger partial charge in [0.05, 0.1) is 12.8 Å². The maximum absolute atomic E-state index is 5.35. The van der Waals surface area contributed by atoms with Crippen LogP contribution in [-0.2, 0) is 18.2 Å². The Balaban J connectivity index is 2.22. The van der Waals surface area contributed by atoms with Gasteiger partial charge in [0, 0.05) is 25.4 Å². The first-order chi connectivity index (χ1) is 7.65. The fraction of sp³-hybridized carbons (Fsp3) is 0.750. The highest BCUT2D eigenvalue weighted by Crippen LogP contribution is 2.05. The van der Waals surface area contributed by atoms with Gasteiger partial charge in [-0.15, -0.1) is 0 Å². The van der Waals surface area contributed by atoms with Gasteiger partial charge in [-0.3, -0.25) is 4.68 Å². The van der Waals surface area contributed by atoms with Gasteiger partial charge in [-0.2, -0.15) is 5.10 Å². The molecule has 16 heavy (non-hydrogen) atoms. The molecule has 0 aliphatic carbocycles. The third-order valence-corrected chi connectivity index (χ3v) is 2.80. The molecule has 4 nitrogen and oxygen atoms in total. The predicted octanol–water partition coefficient (Wildman–Crippen LogP) is 1.29. The monoisotopic (exact) mass is 225 g/mol. The zero-order chi connectivity index (χ0) is 12.0. The van der Waals surface area contributed by atoms with E-state index in [1.54, 1.807) is 0 Å². The molecule has 0 aliphatic rings. The highest BCUT2D eigenvalue weighted by molar-refractivity contribution is 5.15. The minimum absolute atomic E-state index is 0.414. The Kier molecular flexibility index (Phi) is 5.49. The number of hydrogen-bond donors (Lipinski definition) is 1. The van der Waals surface area contributed by atoms with E-state index in [4.69, 9.17) is 4.74 Å². The topological polar surface area (TPSA) is 39.1 Å². The molecule has 0 aliphatic heterocycles. The van der Waals surface area contributed by atoms with Crippen molar-refractivity contribution >= 4 is 0 Å². The number of aryl methyl sites for hydroxylation is 1. The molecule has 92 valence electrons. The van der Waals surface area contributed by atoms with Crippen LogP contribution >= 0.6 is 0 Å². The van der Waals surface area contributed by atoms with Gasteiger partial charge in [0.2, 0.25) is 0 Å². The van der Waals surface area contributed by atoms with Crippen LogP contribution in [0.5, 0.6) is 0 Å². The molecule has 0 saturated heterocycles.